The minimum atomic E-state index is -0.158. The van der Waals surface area contributed by atoms with Gasteiger partial charge >= 0.3 is 0 Å². The van der Waals surface area contributed by atoms with Crippen LogP contribution in [0.25, 0.3) is 0 Å². The van der Waals surface area contributed by atoms with Crippen molar-refractivity contribution in [2.24, 2.45) is 11.8 Å². The number of phenolic OH excluding ortho intramolecular Hbond substituents is 1. The molecule has 35 heavy (non-hydrogen) atoms. The molecule has 2 bridgehead atoms. The van der Waals surface area contributed by atoms with E-state index >= 15 is 0 Å². The number of likely N-dealkylation sites (tertiary alicyclic amines) is 1. The van der Waals surface area contributed by atoms with Crippen LogP contribution in [0.4, 0.5) is 0 Å². The van der Waals surface area contributed by atoms with E-state index in [-0.39, 0.29) is 23.5 Å². The van der Waals surface area contributed by atoms with E-state index in [0.29, 0.717) is 17.7 Å². The summed E-state index contributed by atoms with van der Waals surface area (Å²) in [6.07, 6.45) is 6.57. The van der Waals surface area contributed by atoms with E-state index < -0.39 is 0 Å². The van der Waals surface area contributed by atoms with E-state index in [1.165, 1.54) is 24.9 Å². The van der Waals surface area contributed by atoms with E-state index in [4.69, 9.17) is 4.74 Å². The first-order valence-electron chi connectivity index (χ1n) is 13.2. The molecule has 3 aliphatic carbocycles. The molecule has 1 saturated heterocycles. The molecule has 1 spiro atoms. The molecular weight excluding hydrogens is 436 g/mol. The molecule has 180 valence electrons. The van der Waals surface area contributed by atoms with Gasteiger partial charge < -0.3 is 14.7 Å². The molecule has 3 fully saturated rings. The summed E-state index contributed by atoms with van der Waals surface area (Å²) in [6, 6.07) is 13.8. The summed E-state index contributed by atoms with van der Waals surface area (Å²) in [5.41, 5.74) is 3.05. The van der Waals surface area contributed by atoms with Gasteiger partial charge in [-0.2, -0.15) is 0 Å². The molecule has 0 radical (unpaired) electrons. The smallest absolute Gasteiger partial charge is 0.298 e. The van der Waals surface area contributed by atoms with Crippen molar-refractivity contribution in [3.05, 3.63) is 59.2 Å². The Hall–Kier alpha value is -2.97. The third-order valence-corrected chi connectivity index (χ3v) is 9.52. The molecule has 2 aromatic rings. The molecule has 7 rings (SSSR count). The SMILES string of the molecule is CN(C(=O)C#Cc1ccccc1)[C@H]1CC[C@H]2[C@H]3Cc4c(O)ccc5c4[C@@]2(CCN3CC2CC2)[C@H]1O5. The quantitative estimate of drug-likeness (QED) is 0.698. The van der Waals surface area contributed by atoms with Crippen molar-refractivity contribution in [1.82, 2.24) is 9.80 Å². The van der Waals surface area contributed by atoms with E-state index in [2.05, 4.69) is 16.7 Å². The van der Waals surface area contributed by atoms with Crippen molar-refractivity contribution >= 4 is 5.91 Å². The van der Waals surface area contributed by atoms with Crippen LogP contribution in [-0.2, 0) is 16.6 Å². The Morgan fingerprint density at radius 2 is 2.00 bits per heavy atom. The Bertz CT molecular complexity index is 1240. The van der Waals surface area contributed by atoms with Crippen LogP contribution in [0.5, 0.6) is 11.5 Å². The van der Waals surface area contributed by atoms with Crippen molar-refractivity contribution in [2.45, 2.75) is 62.1 Å². The zero-order valence-electron chi connectivity index (χ0n) is 20.2. The van der Waals surface area contributed by atoms with Crippen LogP contribution in [0.15, 0.2) is 42.5 Å². The number of ether oxygens (including phenoxy) is 1. The second kappa shape index (κ2) is 7.77. The fourth-order valence-electron chi connectivity index (χ4n) is 7.75. The maximum Gasteiger partial charge on any atom is 0.298 e. The Morgan fingerprint density at radius 3 is 2.80 bits per heavy atom. The van der Waals surface area contributed by atoms with E-state index in [1.807, 2.05) is 48.3 Å². The summed E-state index contributed by atoms with van der Waals surface area (Å²) >= 11 is 0. The lowest BCUT2D eigenvalue weighted by molar-refractivity contribution is -0.134. The Balaban J connectivity index is 1.24. The van der Waals surface area contributed by atoms with E-state index in [9.17, 15) is 9.90 Å². The average molecular weight is 469 g/mol. The third kappa shape index (κ3) is 3.16. The van der Waals surface area contributed by atoms with Gasteiger partial charge in [-0.1, -0.05) is 24.1 Å². The summed E-state index contributed by atoms with van der Waals surface area (Å²) in [7, 11) is 1.89. The zero-order valence-corrected chi connectivity index (χ0v) is 20.2. The van der Waals surface area contributed by atoms with Crippen LogP contribution >= 0.6 is 0 Å². The fraction of sp³-hybridized carbons (Fsp3) is 0.500. The van der Waals surface area contributed by atoms with Crippen molar-refractivity contribution < 1.29 is 14.6 Å². The highest BCUT2D eigenvalue weighted by Gasteiger charge is 2.66. The molecule has 2 aliphatic heterocycles. The van der Waals surface area contributed by atoms with Gasteiger partial charge in [-0.05, 0) is 81.2 Å². The maximum absolute atomic E-state index is 13.2. The van der Waals surface area contributed by atoms with Gasteiger partial charge in [0.1, 0.15) is 17.6 Å². The molecule has 5 aliphatic rings. The number of piperidine rings is 1. The second-order valence-corrected chi connectivity index (χ2v) is 11.3. The first kappa shape index (κ1) is 21.3. The molecule has 2 heterocycles. The van der Waals surface area contributed by atoms with Crippen molar-refractivity contribution in [2.75, 3.05) is 20.1 Å². The highest BCUT2D eigenvalue weighted by atomic mass is 16.5. The van der Waals surface area contributed by atoms with Crippen LogP contribution in [0, 0.1) is 23.7 Å². The predicted molar refractivity (Wildman–Crippen MR) is 133 cm³/mol. The topological polar surface area (TPSA) is 53.0 Å². The van der Waals surface area contributed by atoms with Gasteiger partial charge in [0.2, 0.25) is 0 Å². The van der Waals surface area contributed by atoms with Crippen LogP contribution in [0.2, 0.25) is 0 Å². The number of likely N-dealkylation sites (N-methyl/N-ethyl adjacent to an activating group) is 1. The first-order chi connectivity index (χ1) is 17.1. The predicted octanol–water partition coefficient (Wildman–Crippen LogP) is 3.72. The maximum atomic E-state index is 13.2. The molecule has 0 unspecified atom stereocenters. The zero-order chi connectivity index (χ0) is 23.7. The average Bonchev–Trinajstić information content (AvgIpc) is 3.64. The molecule has 5 nitrogen and oxygen atoms in total. The summed E-state index contributed by atoms with van der Waals surface area (Å²) in [5.74, 6) is 8.42. The van der Waals surface area contributed by atoms with Gasteiger partial charge in [-0.25, -0.2) is 0 Å². The Labute approximate surface area is 207 Å². The number of hydrogen-bond acceptors (Lipinski definition) is 4. The highest BCUT2D eigenvalue weighted by Crippen LogP contribution is 2.63. The van der Waals surface area contributed by atoms with Crippen LogP contribution in [0.3, 0.4) is 0 Å². The largest absolute Gasteiger partial charge is 0.508 e. The lowest BCUT2D eigenvalue weighted by Crippen LogP contribution is -2.69. The molecule has 2 aromatic carbocycles. The molecule has 0 aromatic heterocycles. The number of aromatic hydroxyl groups is 1. The van der Waals surface area contributed by atoms with Gasteiger partial charge in [-0.3, -0.25) is 9.69 Å². The van der Waals surface area contributed by atoms with Crippen molar-refractivity contribution in [1.29, 1.82) is 0 Å². The molecular formula is C30H32N2O3. The number of phenols is 1. The number of carbonyl (C=O) groups is 1. The minimum absolute atomic E-state index is 0.0278. The van der Waals surface area contributed by atoms with Crippen molar-refractivity contribution in [3.63, 3.8) is 0 Å². The summed E-state index contributed by atoms with van der Waals surface area (Å²) in [5, 5.41) is 10.9. The van der Waals surface area contributed by atoms with Crippen LogP contribution in [0.1, 0.15) is 48.8 Å². The van der Waals surface area contributed by atoms with Gasteiger partial charge in [0.25, 0.3) is 5.91 Å². The standard InChI is InChI=1S/C30H32N2O3/c1-31(27(34)14-9-19-5-3-2-4-6-19)23-11-10-22-24-17-21-25(33)12-13-26-28(21)30(22,29(23)35-26)15-16-32(24)18-20-7-8-20/h2-6,12-13,20,22-24,29,33H,7-8,10-11,15-18H2,1H3/t22-,23-,24+,29-,30-/m0/s1. The van der Waals surface area contributed by atoms with Crippen molar-refractivity contribution in [3.8, 4) is 23.3 Å². The Morgan fingerprint density at radius 1 is 1.17 bits per heavy atom. The number of carbonyl (C=O) groups excluding carboxylic acids is 1. The summed E-state index contributed by atoms with van der Waals surface area (Å²) in [6.45, 7) is 2.26. The van der Waals surface area contributed by atoms with Gasteiger partial charge in [0.15, 0.2) is 0 Å². The van der Waals surface area contributed by atoms with Crippen LogP contribution < -0.4 is 4.74 Å². The normalized spacial score (nSPS) is 32.1. The lowest BCUT2D eigenvalue weighted by atomic mass is 9.51. The summed E-state index contributed by atoms with van der Waals surface area (Å²) < 4.78 is 6.74. The molecule has 5 heteroatoms. The highest BCUT2D eigenvalue weighted by molar-refractivity contribution is 5.94. The minimum Gasteiger partial charge on any atom is -0.508 e. The number of nitrogens with zero attached hydrogens (tertiary/aromatic N) is 2. The fourth-order valence-corrected chi connectivity index (χ4v) is 7.75. The summed E-state index contributed by atoms with van der Waals surface area (Å²) in [4.78, 5) is 17.7. The van der Waals surface area contributed by atoms with Gasteiger partial charge in [0, 0.05) is 47.7 Å². The second-order valence-electron chi connectivity index (χ2n) is 11.3. The molecule has 1 N–H and O–H groups in total. The third-order valence-electron chi connectivity index (χ3n) is 9.52. The van der Waals surface area contributed by atoms with Gasteiger partial charge in [-0.15, -0.1) is 0 Å². The molecule has 5 atom stereocenters. The number of amides is 1. The number of rotatable bonds is 3. The molecule has 1 amide bonds. The number of benzene rings is 2. The number of hydrogen-bond donors (Lipinski definition) is 1. The molecule has 2 saturated carbocycles. The lowest BCUT2D eigenvalue weighted by Gasteiger charge is -2.60. The van der Waals surface area contributed by atoms with Gasteiger partial charge in [0.05, 0.1) is 6.04 Å². The van der Waals surface area contributed by atoms with E-state index in [1.54, 1.807) is 6.07 Å². The van der Waals surface area contributed by atoms with Crippen LogP contribution in [-0.4, -0.2) is 59.1 Å². The van der Waals surface area contributed by atoms with E-state index in [0.717, 1.165) is 55.0 Å². The Kier molecular flexibility index (Phi) is 4.73. The first-order valence-corrected chi connectivity index (χ1v) is 13.2. The monoisotopic (exact) mass is 468 g/mol.